The standard InChI is InChI=1S/C30H28N2O5S/c1-2-37-25-18-23-26(30(34)32(29(23)33)21-14-8-4-9-15-21)24-19-31(38(35,36)22-16-10-5-11-17-22)28(27(24)25)20-12-6-3-7-13-20/h3-17,23-24,26,28H,2,18-19H2,1H3/t23-,24-,26-,28-/m0/s1. The van der Waals surface area contributed by atoms with Gasteiger partial charge in [-0.1, -0.05) is 66.7 Å². The van der Waals surface area contributed by atoms with Gasteiger partial charge in [-0.25, -0.2) is 8.42 Å². The molecule has 7 nitrogen and oxygen atoms in total. The van der Waals surface area contributed by atoms with Crippen molar-refractivity contribution in [3.05, 3.63) is 108 Å². The number of carbonyl (C=O) groups is 2. The average Bonchev–Trinajstić information content (AvgIpc) is 3.47. The molecule has 3 aliphatic rings. The summed E-state index contributed by atoms with van der Waals surface area (Å²) in [6, 6.07) is 26.1. The molecule has 2 heterocycles. The molecule has 2 amide bonds. The van der Waals surface area contributed by atoms with Crippen LogP contribution in [0, 0.1) is 17.8 Å². The number of imide groups is 1. The Morgan fingerprint density at radius 1 is 0.816 bits per heavy atom. The summed E-state index contributed by atoms with van der Waals surface area (Å²) < 4.78 is 35.7. The van der Waals surface area contributed by atoms with Gasteiger partial charge in [-0.3, -0.25) is 14.5 Å². The molecule has 4 atom stereocenters. The van der Waals surface area contributed by atoms with Crippen LogP contribution in [0.3, 0.4) is 0 Å². The lowest BCUT2D eigenvalue weighted by Crippen LogP contribution is -2.35. The molecule has 3 aromatic rings. The normalized spacial score (nSPS) is 25.4. The number of carbonyl (C=O) groups excluding carboxylic acids is 2. The lowest BCUT2D eigenvalue weighted by molar-refractivity contribution is -0.122. The third-order valence-corrected chi connectivity index (χ3v) is 9.64. The maximum Gasteiger partial charge on any atom is 0.243 e. The number of anilines is 1. The van der Waals surface area contributed by atoms with Crippen LogP contribution in [0.1, 0.15) is 24.9 Å². The first-order valence-corrected chi connectivity index (χ1v) is 14.3. The van der Waals surface area contributed by atoms with E-state index < -0.39 is 33.8 Å². The first-order chi connectivity index (χ1) is 18.4. The van der Waals surface area contributed by atoms with Gasteiger partial charge >= 0.3 is 0 Å². The molecule has 2 saturated heterocycles. The fourth-order valence-electron chi connectivity index (χ4n) is 6.25. The second-order valence-electron chi connectivity index (χ2n) is 9.80. The number of amides is 2. The molecular formula is C30H28N2O5S. The fraction of sp³-hybridized carbons (Fsp3) is 0.267. The highest BCUT2D eigenvalue weighted by molar-refractivity contribution is 7.89. The minimum absolute atomic E-state index is 0.0888. The van der Waals surface area contributed by atoms with Gasteiger partial charge in [0.2, 0.25) is 21.8 Å². The third kappa shape index (κ3) is 3.78. The van der Waals surface area contributed by atoms with Gasteiger partial charge in [-0.15, -0.1) is 0 Å². The molecule has 0 aromatic heterocycles. The van der Waals surface area contributed by atoms with E-state index in [1.54, 1.807) is 54.6 Å². The zero-order chi connectivity index (χ0) is 26.4. The summed E-state index contributed by atoms with van der Waals surface area (Å²) in [6.07, 6.45) is 0.265. The van der Waals surface area contributed by atoms with Crippen molar-refractivity contribution in [1.82, 2.24) is 4.31 Å². The van der Waals surface area contributed by atoms with E-state index in [-0.39, 0.29) is 29.7 Å². The number of ether oxygens (including phenoxy) is 1. The Labute approximate surface area is 222 Å². The number of rotatable bonds is 6. The summed E-state index contributed by atoms with van der Waals surface area (Å²) in [6.45, 7) is 2.34. The van der Waals surface area contributed by atoms with Crippen molar-refractivity contribution in [2.45, 2.75) is 24.3 Å². The van der Waals surface area contributed by atoms with Crippen LogP contribution in [0.2, 0.25) is 0 Å². The SMILES string of the molecule is CCOC1=C2[C@@H](CN(S(=O)(=O)c3ccccc3)[C@H]2c2ccccc2)[C@H]2C(=O)N(c3ccccc3)C(=O)[C@H]2C1. The van der Waals surface area contributed by atoms with E-state index in [4.69, 9.17) is 4.74 Å². The van der Waals surface area contributed by atoms with Gasteiger partial charge in [0.1, 0.15) is 0 Å². The lowest BCUT2D eigenvalue weighted by atomic mass is 9.71. The fourth-order valence-corrected chi connectivity index (χ4v) is 7.89. The van der Waals surface area contributed by atoms with Crippen molar-refractivity contribution < 1.29 is 22.7 Å². The molecule has 8 heteroatoms. The minimum Gasteiger partial charge on any atom is -0.498 e. The van der Waals surface area contributed by atoms with Crippen molar-refractivity contribution in [1.29, 1.82) is 0 Å². The largest absolute Gasteiger partial charge is 0.498 e. The van der Waals surface area contributed by atoms with Crippen molar-refractivity contribution >= 4 is 27.5 Å². The first kappa shape index (κ1) is 24.6. The summed E-state index contributed by atoms with van der Waals surface area (Å²) in [5.41, 5.74) is 2.12. The molecule has 1 aliphatic carbocycles. The highest BCUT2D eigenvalue weighted by atomic mass is 32.2. The highest BCUT2D eigenvalue weighted by Gasteiger charge is 2.60. The van der Waals surface area contributed by atoms with Crippen LogP contribution in [-0.4, -0.2) is 37.7 Å². The van der Waals surface area contributed by atoms with Crippen LogP contribution in [-0.2, 0) is 24.3 Å². The van der Waals surface area contributed by atoms with E-state index >= 15 is 0 Å². The van der Waals surface area contributed by atoms with Gasteiger partial charge in [0.05, 0.1) is 40.8 Å². The number of allylic oxidation sites excluding steroid dienone is 1. The third-order valence-electron chi connectivity index (χ3n) is 7.79. The lowest BCUT2D eigenvalue weighted by Gasteiger charge is -2.32. The zero-order valence-electron chi connectivity index (χ0n) is 20.9. The van der Waals surface area contributed by atoms with Gasteiger partial charge in [-0.05, 0) is 42.3 Å². The molecule has 0 bridgehead atoms. The molecule has 3 aromatic carbocycles. The molecule has 6 rings (SSSR count). The van der Waals surface area contributed by atoms with Crippen molar-refractivity contribution in [3.63, 3.8) is 0 Å². The molecule has 0 unspecified atom stereocenters. The van der Waals surface area contributed by atoms with E-state index in [1.165, 1.54) is 9.21 Å². The van der Waals surface area contributed by atoms with Crippen molar-refractivity contribution in [3.8, 4) is 0 Å². The number of hydrogen-bond acceptors (Lipinski definition) is 5. The molecule has 2 fully saturated rings. The Morgan fingerprint density at radius 2 is 1.42 bits per heavy atom. The van der Waals surface area contributed by atoms with Crippen molar-refractivity contribution in [2.24, 2.45) is 17.8 Å². The highest BCUT2D eigenvalue weighted by Crippen LogP contribution is 2.55. The van der Waals surface area contributed by atoms with Gasteiger partial charge in [0, 0.05) is 18.9 Å². The molecule has 0 N–H and O–H groups in total. The van der Waals surface area contributed by atoms with Gasteiger partial charge in [0.25, 0.3) is 0 Å². The zero-order valence-corrected chi connectivity index (χ0v) is 21.8. The van der Waals surface area contributed by atoms with Gasteiger partial charge < -0.3 is 4.74 Å². The summed E-state index contributed by atoms with van der Waals surface area (Å²) in [5, 5.41) is 0. The number of fused-ring (bicyclic) bond motifs is 3. The van der Waals surface area contributed by atoms with Crippen molar-refractivity contribution in [2.75, 3.05) is 18.1 Å². The Morgan fingerprint density at radius 3 is 2.05 bits per heavy atom. The summed E-state index contributed by atoms with van der Waals surface area (Å²) in [7, 11) is -3.92. The molecule has 38 heavy (non-hydrogen) atoms. The first-order valence-electron chi connectivity index (χ1n) is 12.8. The van der Waals surface area contributed by atoms with Crippen LogP contribution < -0.4 is 4.90 Å². The molecule has 2 aliphatic heterocycles. The smallest absolute Gasteiger partial charge is 0.243 e. The predicted octanol–water partition coefficient (Wildman–Crippen LogP) is 4.55. The molecule has 0 saturated carbocycles. The van der Waals surface area contributed by atoms with Crippen LogP contribution in [0.4, 0.5) is 5.69 Å². The van der Waals surface area contributed by atoms with Crippen LogP contribution >= 0.6 is 0 Å². The summed E-state index contributed by atoms with van der Waals surface area (Å²) >= 11 is 0. The summed E-state index contributed by atoms with van der Waals surface area (Å²) in [5.74, 6) is -1.67. The quantitative estimate of drug-likeness (QED) is 0.439. The minimum atomic E-state index is -3.92. The Balaban J connectivity index is 1.51. The molecular weight excluding hydrogens is 500 g/mol. The number of hydrogen-bond donors (Lipinski definition) is 0. The summed E-state index contributed by atoms with van der Waals surface area (Å²) in [4.78, 5) is 29.0. The number of sulfonamides is 1. The molecule has 0 radical (unpaired) electrons. The second-order valence-corrected chi connectivity index (χ2v) is 11.7. The number of para-hydroxylation sites is 1. The van der Waals surface area contributed by atoms with Crippen LogP contribution in [0.25, 0.3) is 0 Å². The second kappa shape index (κ2) is 9.53. The number of benzene rings is 3. The van der Waals surface area contributed by atoms with Gasteiger partial charge in [0.15, 0.2) is 0 Å². The molecule has 194 valence electrons. The average molecular weight is 529 g/mol. The maximum atomic E-state index is 14.1. The van der Waals surface area contributed by atoms with E-state index in [0.29, 0.717) is 18.1 Å². The van der Waals surface area contributed by atoms with Crippen LogP contribution in [0.5, 0.6) is 0 Å². The Kier molecular flexibility index (Phi) is 6.16. The molecule has 0 spiro atoms. The topological polar surface area (TPSA) is 84.0 Å². The van der Waals surface area contributed by atoms with E-state index in [1.807, 2.05) is 43.3 Å². The number of nitrogens with zero attached hydrogens (tertiary/aromatic N) is 2. The van der Waals surface area contributed by atoms with E-state index in [2.05, 4.69) is 0 Å². The predicted molar refractivity (Wildman–Crippen MR) is 142 cm³/mol. The van der Waals surface area contributed by atoms with Gasteiger partial charge in [-0.2, -0.15) is 4.31 Å². The van der Waals surface area contributed by atoms with E-state index in [9.17, 15) is 18.0 Å². The monoisotopic (exact) mass is 528 g/mol. The maximum absolute atomic E-state index is 14.1. The van der Waals surface area contributed by atoms with E-state index in [0.717, 1.165) is 11.1 Å². The Hall–Kier alpha value is -3.75. The van der Waals surface area contributed by atoms with Crippen LogP contribution in [0.15, 0.2) is 107 Å². The Bertz CT molecular complexity index is 1510.